The van der Waals surface area contributed by atoms with E-state index >= 15 is 0 Å². The minimum absolute atomic E-state index is 0.218. The van der Waals surface area contributed by atoms with Crippen LogP contribution in [0.4, 0.5) is 9.52 Å². The summed E-state index contributed by atoms with van der Waals surface area (Å²) in [6, 6.07) is 15.5. The van der Waals surface area contributed by atoms with Gasteiger partial charge in [0.2, 0.25) is 5.89 Å². The van der Waals surface area contributed by atoms with Crippen molar-refractivity contribution in [2.45, 2.75) is 13.8 Å². The normalized spacial score (nSPS) is 10.8. The maximum Gasteiger partial charge on any atom is 0.279 e. The summed E-state index contributed by atoms with van der Waals surface area (Å²) >= 11 is 1.35. The SMILES string of the molecule is Cc1oc(-c2ccccc2)nc1C(=O)Nc1nc(-c2ccc(F)cc2)c(C)s1. The summed E-state index contributed by atoms with van der Waals surface area (Å²) in [6.45, 7) is 3.60. The van der Waals surface area contributed by atoms with Crippen LogP contribution in [0.3, 0.4) is 0 Å². The molecule has 7 heteroatoms. The third kappa shape index (κ3) is 3.57. The Hall–Kier alpha value is -3.32. The number of benzene rings is 2. The lowest BCUT2D eigenvalue weighted by atomic mass is 10.1. The highest BCUT2D eigenvalue weighted by molar-refractivity contribution is 7.16. The summed E-state index contributed by atoms with van der Waals surface area (Å²) in [6.07, 6.45) is 0. The van der Waals surface area contributed by atoms with Gasteiger partial charge in [-0.05, 0) is 50.2 Å². The number of nitrogens with zero attached hydrogens (tertiary/aromatic N) is 2. The molecular weight excluding hydrogens is 377 g/mol. The largest absolute Gasteiger partial charge is 0.441 e. The van der Waals surface area contributed by atoms with Crippen LogP contribution in [-0.2, 0) is 0 Å². The van der Waals surface area contributed by atoms with Gasteiger partial charge in [-0.3, -0.25) is 10.1 Å². The molecule has 0 aliphatic carbocycles. The predicted molar refractivity (Wildman–Crippen MR) is 107 cm³/mol. The van der Waals surface area contributed by atoms with E-state index in [4.69, 9.17) is 4.42 Å². The molecule has 4 aromatic rings. The van der Waals surface area contributed by atoms with E-state index in [-0.39, 0.29) is 17.4 Å². The van der Waals surface area contributed by atoms with Gasteiger partial charge in [0.05, 0.1) is 5.69 Å². The highest BCUT2D eigenvalue weighted by atomic mass is 32.1. The molecule has 0 atom stereocenters. The molecule has 4 rings (SSSR count). The molecule has 140 valence electrons. The zero-order valence-electron chi connectivity index (χ0n) is 15.2. The Labute approximate surface area is 164 Å². The first kappa shape index (κ1) is 18.1. The molecule has 0 bridgehead atoms. The maximum absolute atomic E-state index is 13.1. The van der Waals surface area contributed by atoms with Crippen LogP contribution in [0.1, 0.15) is 21.1 Å². The van der Waals surface area contributed by atoms with Gasteiger partial charge in [0.1, 0.15) is 11.6 Å². The summed E-state index contributed by atoms with van der Waals surface area (Å²) in [5, 5.41) is 3.23. The van der Waals surface area contributed by atoms with Gasteiger partial charge in [0.25, 0.3) is 5.91 Å². The second-order valence-electron chi connectivity index (χ2n) is 6.17. The molecule has 0 aliphatic rings. The molecule has 2 aromatic carbocycles. The number of aromatic nitrogens is 2. The van der Waals surface area contributed by atoms with E-state index in [9.17, 15) is 9.18 Å². The molecule has 2 aromatic heterocycles. The van der Waals surface area contributed by atoms with Crippen molar-refractivity contribution in [3.63, 3.8) is 0 Å². The topological polar surface area (TPSA) is 68.0 Å². The molecule has 5 nitrogen and oxygen atoms in total. The Balaban J connectivity index is 1.57. The fourth-order valence-corrected chi connectivity index (χ4v) is 3.62. The van der Waals surface area contributed by atoms with E-state index in [1.165, 1.54) is 23.5 Å². The van der Waals surface area contributed by atoms with Crippen molar-refractivity contribution >= 4 is 22.4 Å². The van der Waals surface area contributed by atoms with E-state index in [2.05, 4.69) is 15.3 Å². The highest BCUT2D eigenvalue weighted by Gasteiger charge is 2.20. The number of hydrogen-bond acceptors (Lipinski definition) is 5. The molecule has 1 N–H and O–H groups in total. The third-order valence-electron chi connectivity index (χ3n) is 4.17. The summed E-state index contributed by atoms with van der Waals surface area (Å²) in [5.41, 5.74) is 2.52. The van der Waals surface area contributed by atoms with Gasteiger partial charge in [0.15, 0.2) is 10.8 Å². The summed E-state index contributed by atoms with van der Waals surface area (Å²) < 4.78 is 18.8. The molecule has 0 radical (unpaired) electrons. The number of aryl methyl sites for hydroxylation is 2. The average Bonchev–Trinajstić information content (AvgIpc) is 3.26. The smallest absolute Gasteiger partial charge is 0.279 e. The lowest BCUT2D eigenvalue weighted by Crippen LogP contribution is -2.13. The average molecular weight is 393 g/mol. The van der Waals surface area contributed by atoms with Crippen LogP contribution in [0.25, 0.3) is 22.7 Å². The highest BCUT2D eigenvalue weighted by Crippen LogP contribution is 2.31. The maximum atomic E-state index is 13.1. The molecule has 0 saturated heterocycles. The van der Waals surface area contributed by atoms with Crippen LogP contribution in [0.15, 0.2) is 59.0 Å². The first-order valence-corrected chi connectivity index (χ1v) is 9.40. The van der Waals surface area contributed by atoms with E-state index < -0.39 is 0 Å². The molecule has 0 saturated carbocycles. The van der Waals surface area contributed by atoms with Gasteiger partial charge in [-0.15, -0.1) is 11.3 Å². The second kappa shape index (κ2) is 7.36. The van der Waals surface area contributed by atoms with E-state index in [0.29, 0.717) is 22.5 Å². The van der Waals surface area contributed by atoms with E-state index in [1.54, 1.807) is 19.1 Å². The Kier molecular flexibility index (Phi) is 4.75. The van der Waals surface area contributed by atoms with E-state index in [0.717, 1.165) is 16.0 Å². The van der Waals surface area contributed by atoms with Crippen LogP contribution in [0.5, 0.6) is 0 Å². The monoisotopic (exact) mass is 393 g/mol. The van der Waals surface area contributed by atoms with Crippen molar-refractivity contribution < 1.29 is 13.6 Å². The molecule has 2 heterocycles. The van der Waals surface area contributed by atoms with Crippen LogP contribution >= 0.6 is 11.3 Å². The van der Waals surface area contributed by atoms with Gasteiger partial charge in [-0.1, -0.05) is 18.2 Å². The molecule has 28 heavy (non-hydrogen) atoms. The first-order valence-electron chi connectivity index (χ1n) is 8.59. The van der Waals surface area contributed by atoms with Crippen molar-refractivity contribution in [1.29, 1.82) is 0 Å². The zero-order valence-corrected chi connectivity index (χ0v) is 16.0. The van der Waals surface area contributed by atoms with Crippen molar-refractivity contribution in [2.24, 2.45) is 0 Å². The van der Waals surface area contributed by atoms with Crippen LogP contribution in [0.2, 0.25) is 0 Å². The molecule has 0 spiro atoms. The van der Waals surface area contributed by atoms with E-state index in [1.807, 2.05) is 37.3 Å². The van der Waals surface area contributed by atoms with Crippen molar-refractivity contribution in [1.82, 2.24) is 9.97 Å². The predicted octanol–water partition coefficient (Wildman–Crippen LogP) is 5.47. The molecule has 0 unspecified atom stereocenters. The lowest BCUT2D eigenvalue weighted by Gasteiger charge is -1.99. The number of nitrogens with one attached hydrogen (secondary N) is 1. The van der Waals surface area contributed by atoms with Crippen LogP contribution < -0.4 is 5.32 Å². The fourth-order valence-electron chi connectivity index (χ4n) is 2.79. The van der Waals surface area contributed by atoms with Gasteiger partial charge in [-0.2, -0.15) is 0 Å². The Bertz CT molecular complexity index is 1130. The number of rotatable bonds is 4. The second-order valence-corrected chi connectivity index (χ2v) is 7.38. The van der Waals surface area contributed by atoms with Crippen molar-refractivity contribution in [3.05, 3.63) is 76.7 Å². The standard InChI is InChI=1S/C21H16FN3O2S/c1-12-17(23-20(27-12)15-6-4-3-5-7-15)19(26)25-21-24-18(13(2)28-21)14-8-10-16(22)11-9-14/h3-11H,1-2H3,(H,24,25,26). The molecular formula is C21H16FN3O2S. The lowest BCUT2D eigenvalue weighted by molar-refractivity contribution is 0.102. The molecule has 0 aliphatic heterocycles. The Morgan fingerprint density at radius 1 is 1.00 bits per heavy atom. The van der Waals surface area contributed by atoms with Gasteiger partial charge in [-0.25, -0.2) is 14.4 Å². The first-order chi connectivity index (χ1) is 13.5. The van der Waals surface area contributed by atoms with Gasteiger partial charge < -0.3 is 4.42 Å². The number of thiazole rings is 1. The van der Waals surface area contributed by atoms with Crippen LogP contribution in [-0.4, -0.2) is 15.9 Å². The van der Waals surface area contributed by atoms with Crippen LogP contribution in [0, 0.1) is 19.7 Å². The zero-order chi connectivity index (χ0) is 19.7. The van der Waals surface area contributed by atoms with Gasteiger partial charge in [0, 0.05) is 16.0 Å². The summed E-state index contributed by atoms with van der Waals surface area (Å²) in [5.74, 6) is 0.137. The number of oxazole rings is 1. The Morgan fingerprint density at radius 2 is 1.71 bits per heavy atom. The minimum Gasteiger partial charge on any atom is -0.441 e. The fraction of sp³-hybridized carbons (Fsp3) is 0.0952. The molecule has 1 amide bonds. The van der Waals surface area contributed by atoms with Crippen molar-refractivity contribution in [2.75, 3.05) is 5.32 Å². The Morgan fingerprint density at radius 3 is 2.43 bits per heavy atom. The minimum atomic E-state index is -0.386. The third-order valence-corrected chi connectivity index (χ3v) is 5.05. The van der Waals surface area contributed by atoms with Gasteiger partial charge >= 0.3 is 0 Å². The number of carbonyl (C=O) groups is 1. The number of halogens is 1. The van der Waals surface area contributed by atoms with Crippen molar-refractivity contribution in [3.8, 4) is 22.7 Å². The number of anilines is 1. The molecule has 0 fully saturated rings. The number of hydrogen-bond donors (Lipinski definition) is 1. The number of carbonyl (C=O) groups excluding carboxylic acids is 1. The summed E-state index contributed by atoms with van der Waals surface area (Å²) in [7, 11) is 0. The summed E-state index contributed by atoms with van der Waals surface area (Å²) in [4.78, 5) is 22.4. The number of amides is 1. The quantitative estimate of drug-likeness (QED) is 0.499.